The fourth-order valence-electron chi connectivity index (χ4n) is 2.00. The standard InChI is InChI=1S/C15H14BrF2N/c1-19-15(9-10-4-2-3-5-13(10)17)11-6-7-12(16)14(18)8-11/h2-8,15,19H,9H2,1H3. The van der Waals surface area contributed by atoms with Gasteiger partial charge in [0, 0.05) is 6.04 Å². The number of hydrogen-bond acceptors (Lipinski definition) is 1. The SMILES string of the molecule is CNC(Cc1ccccc1F)c1ccc(Br)c(F)c1. The highest BCUT2D eigenvalue weighted by atomic mass is 79.9. The molecule has 0 heterocycles. The minimum atomic E-state index is -0.314. The molecule has 0 aliphatic carbocycles. The van der Waals surface area contributed by atoms with Crippen LogP contribution in [0.4, 0.5) is 8.78 Å². The molecule has 1 N–H and O–H groups in total. The van der Waals surface area contributed by atoms with Gasteiger partial charge in [0.2, 0.25) is 0 Å². The number of halogens is 3. The molecular weight excluding hydrogens is 312 g/mol. The van der Waals surface area contributed by atoms with Crippen molar-refractivity contribution in [3.63, 3.8) is 0 Å². The van der Waals surface area contributed by atoms with E-state index in [2.05, 4.69) is 21.2 Å². The normalized spacial score (nSPS) is 12.4. The maximum Gasteiger partial charge on any atom is 0.137 e. The molecule has 0 bridgehead atoms. The van der Waals surface area contributed by atoms with Crippen LogP contribution in [-0.4, -0.2) is 7.05 Å². The summed E-state index contributed by atoms with van der Waals surface area (Å²) < 4.78 is 27.6. The lowest BCUT2D eigenvalue weighted by Gasteiger charge is -2.17. The number of likely N-dealkylation sites (N-methyl/N-ethyl adjacent to an activating group) is 1. The van der Waals surface area contributed by atoms with E-state index in [0.717, 1.165) is 5.56 Å². The zero-order valence-corrected chi connectivity index (χ0v) is 12.0. The molecule has 2 aromatic carbocycles. The summed E-state index contributed by atoms with van der Waals surface area (Å²) in [6.45, 7) is 0. The van der Waals surface area contributed by atoms with Gasteiger partial charge in [0.1, 0.15) is 11.6 Å². The molecule has 0 spiro atoms. The molecule has 1 unspecified atom stereocenters. The van der Waals surface area contributed by atoms with Gasteiger partial charge in [-0.2, -0.15) is 0 Å². The summed E-state index contributed by atoms with van der Waals surface area (Å²) in [5.74, 6) is -0.549. The van der Waals surface area contributed by atoms with Crippen LogP contribution >= 0.6 is 15.9 Å². The van der Waals surface area contributed by atoms with Crippen molar-refractivity contribution >= 4 is 15.9 Å². The van der Waals surface area contributed by atoms with Crippen molar-refractivity contribution in [1.82, 2.24) is 5.32 Å². The molecule has 0 aliphatic rings. The van der Waals surface area contributed by atoms with Gasteiger partial charge >= 0.3 is 0 Å². The number of benzene rings is 2. The first-order chi connectivity index (χ1) is 9.11. The predicted octanol–water partition coefficient (Wildman–Crippen LogP) is 4.23. The third-order valence-electron chi connectivity index (χ3n) is 3.08. The van der Waals surface area contributed by atoms with Crippen molar-refractivity contribution in [1.29, 1.82) is 0 Å². The average molecular weight is 326 g/mol. The van der Waals surface area contributed by atoms with Gasteiger partial charge in [0.15, 0.2) is 0 Å². The Bertz CT molecular complexity index is 572. The summed E-state index contributed by atoms with van der Waals surface area (Å²) in [5.41, 5.74) is 1.41. The molecule has 2 rings (SSSR count). The lowest BCUT2D eigenvalue weighted by molar-refractivity contribution is 0.548. The van der Waals surface area contributed by atoms with Crippen LogP contribution in [-0.2, 0) is 6.42 Å². The molecule has 1 nitrogen and oxygen atoms in total. The lowest BCUT2D eigenvalue weighted by Crippen LogP contribution is -2.19. The molecule has 19 heavy (non-hydrogen) atoms. The van der Waals surface area contributed by atoms with E-state index in [1.54, 1.807) is 31.3 Å². The summed E-state index contributed by atoms with van der Waals surface area (Å²) in [7, 11) is 1.78. The van der Waals surface area contributed by atoms with E-state index >= 15 is 0 Å². The molecule has 0 amide bonds. The molecular formula is C15H14BrF2N. The maximum atomic E-state index is 13.6. The Hall–Kier alpha value is -1.26. The predicted molar refractivity (Wildman–Crippen MR) is 76.0 cm³/mol. The van der Waals surface area contributed by atoms with Gasteiger partial charge in [-0.3, -0.25) is 0 Å². The van der Waals surface area contributed by atoms with Crippen LogP contribution in [0.1, 0.15) is 17.2 Å². The Kier molecular flexibility index (Phi) is 4.66. The van der Waals surface area contributed by atoms with Crippen molar-refractivity contribution in [3.8, 4) is 0 Å². The van der Waals surface area contributed by atoms with Crippen molar-refractivity contribution in [2.45, 2.75) is 12.5 Å². The summed E-state index contributed by atoms with van der Waals surface area (Å²) in [6.07, 6.45) is 0.476. The molecule has 0 saturated carbocycles. The van der Waals surface area contributed by atoms with Gasteiger partial charge in [0.05, 0.1) is 4.47 Å². The van der Waals surface area contributed by atoms with Crippen LogP contribution in [0.15, 0.2) is 46.9 Å². The van der Waals surface area contributed by atoms with E-state index < -0.39 is 0 Å². The number of hydrogen-bond donors (Lipinski definition) is 1. The molecule has 4 heteroatoms. The monoisotopic (exact) mass is 325 g/mol. The Morgan fingerprint density at radius 1 is 1.11 bits per heavy atom. The highest BCUT2D eigenvalue weighted by Gasteiger charge is 2.14. The molecule has 0 aliphatic heterocycles. The zero-order chi connectivity index (χ0) is 13.8. The van der Waals surface area contributed by atoms with E-state index in [0.29, 0.717) is 16.5 Å². The third-order valence-corrected chi connectivity index (χ3v) is 3.72. The topological polar surface area (TPSA) is 12.0 Å². The van der Waals surface area contributed by atoms with Gasteiger partial charge in [-0.15, -0.1) is 0 Å². The smallest absolute Gasteiger partial charge is 0.137 e. The van der Waals surface area contributed by atoms with Gasteiger partial charge < -0.3 is 5.32 Å². The van der Waals surface area contributed by atoms with E-state index in [1.807, 2.05) is 6.07 Å². The van der Waals surface area contributed by atoms with Crippen LogP contribution in [0.5, 0.6) is 0 Å². The fraction of sp³-hybridized carbons (Fsp3) is 0.200. The second kappa shape index (κ2) is 6.26. The Labute approximate surface area is 119 Å². The highest BCUT2D eigenvalue weighted by molar-refractivity contribution is 9.10. The van der Waals surface area contributed by atoms with Crippen LogP contribution in [0.2, 0.25) is 0 Å². The first-order valence-corrected chi connectivity index (χ1v) is 6.76. The molecule has 2 aromatic rings. The van der Waals surface area contributed by atoms with Crippen molar-refractivity contribution in [2.24, 2.45) is 0 Å². The molecule has 100 valence electrons. The van der Waals surface area contributed by atoms with Gasteiger partial charge in [-0.1, -0.05) is 24.3 Å². The Balaban J connectivity index is 2.25. The third kappa shape index (κ3) is 3.39. The second-order valence-electron chi connectivity index (χ2n) is 4.31. The van der Waals surface area contributed by atoms with E-state index in [4.69, 9.17) is 0 Å². The Morgan fingerprint density at radius 2 is 1.84 bits per heavy atom. The van der Waals surface area contributed by atoms with Crippen LogP contribution in [0.25, 0.3) is 0 Å². The summed E-state index contributed by atoms with van der Waals surface area (Å²) >= 11 is 3.12. The Morgan fingerprint density at radius 3 is 2.47 bits per heavy atom. The summed E-state index contributed by atoms with van der Waals surface area (Å²) in [6, 6.07) is 11.5. The van der Waals surface area contributed by atoms with E-state index in [-0.39, 0.29) is 17.7 Å². The van der Waals surface area contributed by atoms with Gasteiger partial charge in [0.25, 0.3) is 0 Å². The number of nitrogens with one attached hydrogen (secondary N) is 1. The summed E-state index contributed by atoms with van der Waals surface area (Å²) in [5, 5.41) is 3.09. The first kappa shape index (κ1) is 14.2. The largest absolute Gasteiger partial charge is 0.313 e. The van der Waals surface area contributed by atoms with Gasteiger partial charge in [-0.05, 0) is 58.7 Å². The summed E-state index contributed by atoms with van der Waals surface area (Å²) in [4.78, 5) is 0. The van der Waals surface area contributed by atoms with Crippen LogP contribution < -0.4 is 5.32 Å². The lowest BCUT2D eigenvalue weighted by atomic mass is 9.98. The van der Waals surface area contributed by atoms with E-state index in [9.17, 15) is 8.78 Å². The van der Waals surface area contributed by atoms with Gasteiger partial charge in [-0.25, -0.2) is 8.78 Å². The maximum absolute atomic E-state index is 13.6. The molecule has 0 saturated heterocycles. The quantitative estimate of drug-likeness (QED) is 0.887. The number of rotatable bonds is 4. The van der Waals surface area contributed by atoms with Crippen LogP contribution in [0, 0.1) is 11.6 Å². The van der Waals surface area contributed by atoms with Crippen molar-refractivity contribution in [2.75, 3.05) is 7.05 Å². The zero-order valence-electron chi connectivity index (χ0n) is 10.5. The first-order valence-electron chi connectivity index (χ1n) is 5.97. The van der Waals surface area contributed by atoms with Crippen LogP contribution in [0.3, 0.4) is 0 Å². The van der Waals surface area contributed by atoms with E-state index in [1.165, 1.54) is 12.1 Å². The molecule has 0 aromatic heterocycles. The van der Waals surface area contributed by atoms with Crippen molar-refractivity contribution in [3.05, 3.63) is 69.7 Å². The average Bonchev–Trinajstić information content (AvgIpc) is 2.41. The minimum Gasteiger partial charge on any atom is -0.313 e. The fourth-order valence-corrected chi connectivity index (χ4v) is 2.25. The highest BCUT2D eigenvalue weighted by Crippen LogP contribution is 2.24. The molecule has 0 fully saturated rings. The minimum absolute atomic E-state index is 0.125. The second-order valence-corrected chi connectivity index (χ2v) is 5.16. The molecule has 1 atom stereocenters. The van der Waals surface area contributed by atoms with Crippen molar-refractivity contribution < 1.29 is 8.78 Å². The molecule has 0 radical (unpaired) electrons.